The van der Waals surface area contributed by atoms with Crippen molar-refractivity contribution in [2.75, 3.05) is 29.6 Å². The van der Waals surface area contributed by atoms with Crippen LogP contribution in [0.2, 0.25) is 0 Å². The number of ether oxygens (including phenoxy) is 3. The van der Waals surface area contributed by atoms with E-state index in [-0.39, 0.29) is 40.9 Å². The molecular weight excluding hydrogens is 578 g/mol. The lowest BCUT2D eigenvalue weighted by Gasteiger charge is -2.36. The Morgan fingerprint density at radius 1 is 0.907 bits per heavy atom. The van der Waals surface area contributed by atoms with Gasteiger partial charge in [-0.3, -0.25) is 19.1 Å². The van der Waals surface area contributed by atoms with Crippen molar-refractivity contribution in [3.05, 3.63) is 60.2 Å². The van der Waals surface area contributed by atoms with Crippen LogP contribution in [0.15, 0.2) is 59.5 Å². The molecule has 1 saturated heterocycles. The molecule has 2 heterocycles. The number of nitrogens with zero attached hydrogens (tertiary/aromatic N) is 2. The highest BCUT2D eigenvalue weighted by atomic mass is 32.2. The van der Waals surface area contributed by atoms with E-state index >= 15 is 0 Å². The van der Waals surface area contributed by atoms with E-state index in [4.69, 9.17) is 14.2 Å². The van der Waals surface area contributed by atoms with Crippen molar-refractivity contribution in [3.8, 4) is 11.9 Å². The number of rotatable bonds is 9. The molecule has 3 aromatic rings. The van der Waals surface area contributed by atoms with E-state index < -0.39 is 27.4 Å². The maximum atomic E-state index is 13.1. The number of carbonyl (C=O) groups is 3. The Balaban J connectivity index is 1.19. The molecule has 0 bridgehead atoms. The molecule has 1 spiro atoms. The molecule has 14 heteroatoms. The van der Waals surface area contributed by atoms with Gasteiger partial charge >= 0.3 is 12.0 Å². The maximum Gasteiger partial charge on any atom is 0.321 e. The molecule has 3 N–H and O–H groups in total. The smallest absolute Gasteiger partial charge is 0.321 e. The van der Waals surface area contributed by atoms with Crippen LogP contribution in [0.1, 0.15) is 48.9 Å². The number of esters is 1. The van der Waals surface area contributed by atoms with Crippen LogP contribution < -0.4 is 24.8 Å². The van der Waals surface area contributed by atoms with Crippen LogP contribution in [0.5, 0.6) is 11.9 Å². The number of benzene rings is 2. The molecule has 2 aliphatic rings. The molecular formula is C29H31N5O8S. The number of hydrogen-bond donors (Lipinski definition) is 3. The number of anilines is 3. The van der Waals surface area contributed by atoms with Gasteiger partial charge in [-0.15, -0.1) is 0 Å². The number of sulfonamides is 1. The summed E-state index contributed by atoms with van der Waals surface area (Å²) in [6, 6.07) is 13.2. The highest BCUT2D eigenvalue weighted by Gasteiger charge is 2.52. The zero-order chi connectivity index (χ0) is 30.6. The van der Waals surface area contributed by atoms with E-state index in [1.807, 2.05) is 0 Å². The van der Waals surface area contributed by atoms with Gasteiger partial charge in [0.2, 0.25) is 11.8 Å². The largest absolute Gasteiger partial charge is 0.481 e. The number of amides is 2. The lowest BCUT2D eigenvalue weighted by molar-refractivity contribution is -0.153. The summed E-state index contributed by atoms with van der Waals surface area (Å²) in [7, 11) is -1.30. The molecule has 13 nitrogen and oxygen atoms in total. The van der Waals surface area contributed by atoms with Crippen LogP contribution in [0.4, 0.5) is 17.2 Å². The minimum Gasteiger partial charge on any atom is -0.481 e. The summed E-state index contributed by atoms with van der Waals surface area (Å²) in [6.45, 7) is 0. The second-order valence-corrected chi connectivity index (χ2v) is 12.0. The maximum absolute atomic E-state index is 13.1. The summed E-state index contributed by atoms with van der Waals surface area (Å²) >= 11 is 0. The number of nitrogens with one attached hydrogen (secondary N) is 3. The lowest BCUT2D eigenvalue weighted by atomic mass is 9.75. The Labute approximate surface area is 248 Å². The average Bonchev–Trinajstić information content (AvgIpc) is 3.32. The Morgan fingerprint density at radius 2 is 1.56 bits per heavy atom. The molecule has 43 heavy (non-hydrogen) atoms. The second kappa shape index (κ2) is 12.3. The predicted octanol–water partition coefficient (Wildman–Crippen LogP) is 3.75. The first-order chi connectivity index (χ1) is 20.6. The van der Waals surface area contributed by atoms with Gasteiger partial charge in [0.1, 0.15) is 5.60 Å². The van der Waals surface area contributed by atoms with Crippen molar-refractivity contribution in [2.45, 2.75) is 49.0 Å². The molecule has 1 saturated carbocycles. The highest BCUT2D eigenvalue weighted by Crippen LogP contribution is 2.44. The normalized spacial score (nSPS) is 17.5. The first-order valence-corrected chi connectivity index (χ1v) is 15.1. The fourth-order valence-corrected chi connectivity index (χ4v) is 6.32. The third-order valence-electron chi connectivity index (χ3n) is 7.49. The molecule has 1 atom stereocenters. The molecule has 226 valence electrons. The van der Waals surface area contributed by atoms with Gasteiger partial charge in [-0.05, 0) is 74.2 Å². The van der Waals surface area contributed by atoms with E-state index in [0.717, 1.165) is 19.3 Å². The lowest BCUT2D eigenvalue weighted by Crippen LogP contribution is -2.43. The van der Waals surface area contributed by atoms with E-state index in [0.29, 0.717) is 29.8 Å². The number of hydrogen-bond acceptors (Lipinski definition) is 10. The van der Waals surface area contributed by atoms with Gasteiger partial charge in [0.05, 0.1) is 31.5 Å². The summed E-state index contributed by atoms with van der Waals surface area (Å²) < 4.78 is 43.7. The molecule has 2 fully saturated rings. The average molecular weight is 610 g/mol. The van der Waals surface area contributed by atoms with Gasteiger partial charge < -0.3 is 24.8 Å². The zero-order valence-electron chi connectivity index (χ0n) is 23.6. The van der Waals surface area contributed by atoms with Crippen molar-refractivity contribution in [3.63, 3.8) is 0 Å². The van der Waals surface area contributed by atoms with Crippen LogP contribution in [0, 0.1) is 5.92 Å². The molecule has 2 amide bonds. The van der Waals surface area contributed by atoms with E-state index in [1.165, 1.54) is 44.6 Å². The van der Waals surface area contributed by atoms with Crippen molar-refractivity contribution < 1.29 is 37.0 Å². The van der Waals surface area contributed by atoms with Gasteiger partial charge in [0.25, 0.3) is 15.9 Å². The molecule has 1 aliphatic carbocycles. The third kappa shape index (κ3) is 6.69. The molecule has 5 rings (SSSR count). The van der Waals surface area contributed by atoms with E-state index in [1.54, 1.807) is 24.3 Å². The summed E-state index contributed by atoms with van der Waals surface area (Å²) in [5.41, 5.74) is 0.468. The van der Waals surface area contributed by atoms with Crippen molar-refractivity contribution in [1.82, 2.24) is 9.97 Å². The van der Waals surface area contributed by atoms with Gasteiger partial charge in [0.15, 0.2) is 5.82 Å². The monoisotopic (exact) mass is 609 g/mol. The Kier molecular flexibility index (Phi) is 8.48. The van der Waals surface area contributed by atoms with Crippen molar-refractivity contribution >= 4 is 45.0 Å². The zero-order valence-corrected chi connectivity index (χ0v) is 24.4. The highest BCUT2D eigenvalue weighted by molar-refractivity contribution is 7.92. The summed E-state index contributed by atoms with van der Waals surface area (Å²) in [5, 5.41) is 5.57. The fraction of sp³-hybridized carbons (Fsp3) is 0.345. The number of carbonyl (C=O) groups excluding carboxylic acids is 3. The summed E-state index contributed by atoms with van der Waals surface area (Å²) in [4.78, 5) is 45.8. The minimum atomic E-state index is -4.02. The minimum absolute atomic E-state index is 0.0423. The van der Waals surface area contributed by atoms with Crippen LogP contribution in [-0.4, -0.2) is 56.0 Å². The van der Waals surface area contributed by atoms with Crippen LogP contribution >= 0.6 is 0 Å². The summed E-state index contributed by atoms with van der Waals surface area (Å²) in [5.74, 6) is -1.51. The van der Waals surface area contributed by atoms with Gasteiger partial charge in [0, 0.05) is 23.0 Å². The predicted molar refractivity (Wildman–Crippen MR) is 155 cm³/mol. The standard InChI is InChI=1S/C29H31N5O8S/c1-40-24-17-23(32-28(33-24)41-2)34-43(38,39)21-12-10-20(11-13-21)30-26(36)18-6-8-19(9-7-18)31-27(37)22-16-25(35)42-29(22)14-4-3-5-15-29/h6-13,17,22H,3-5,14-16H2,1-2H3,(H,30,36)(H,31,37)(H,32,33,34)/t22-/m0/s1. The first kappa shape index (κ1) is 29.8. The van der Waals surface area contributed by atoms with E-state index in [2.05, 4.69) is 25.3 Å². The van der Waals surface area contributed by atoms with Crippen LogP contribution in [0.25, 0.3) is 0 Å². The van der Waals surface area contributed by atoms with Crippen LogP contribution in [0.3, 0.4) is 0 Å². The molecule has 1 aliphatic heterocycles. The molecule has 0 unspecified atom stereocenters. The Hall–Kier alpha value is -4.72. The van der Waals surface area contributed by atoms with Gasteiger partial charge in [-0.2, -0.15) is 9.97 Å². The van der Waals surface area contributed by atoms with Gasteiger partial charge in [-0.25, -0.2) is 8.42 Å². The van der Waals surface area contributed by atoms with Crippen molar-refractivity contribution in [1.29, 1.82) is 0 Å². The van der Waals surface area contributed by atoms with Crippen LogP contribution in [-0.2, 0) is 24.3 Å². The fourth-order valence-electron chi connectivity index (χ4n) is 5.33. The quantitative estimate of drug-likeness (QED) is 0.303. The number of methoxy groups -OCH3 is 2. The third-order valence-corrected chi connectivity index (χ3v) is 8.86. The molecule has 0 radical (unpaired) electrons. The molecule has 2 aromatic carbocycles. The number of aromatic nitrogens is 2. The molecule has 1 aromatic heterocycles. The van der Waals surface area contributed by atoms with Gasteiger partial charge in [-0.1, -0.05) is 6.42 Å². The Morgan fingerprint density at radius 3 is 2.21 bits per heavy atom. The SMILES string of the molecule is COc1cc(NS(=O)(=O)c2ccc(NC(=O)c3ccc(NC(=O)[C@@H]4CC(=O)OC45CCCCC5)cc3)cc2)nc(OC)n1. The first-order valence-electron chi connectivity index (χ1n) is 13.6. The summed E-state index contributed by atoms with van der Waals surface area (Å²) in [6.07, 6.45) is 4.34. The second-order valence-electron chi connectivity index (χ2n) is 10.3. The van der Waals surface area contributed by atoms with E-state index in [9.17, 15) is 22.8 Å². The Bertz CT molecular complexity index is 1600. The topological polar surface area (TPSA) is 175 Å². The van der Waals surface area contributed by atoms with Crippen molar-refractivity contribution in [2.24, 2.45) is 5.92 Å².